The van der Waals surface area contributed by atoms with E-state index >= 15 is 0 Å². The van der Waals surface area contributed by atoms with E-state index in [1.165, 1.54) is 11.3 Å². The van der Waals surface area contributed by atoms with Gasteiger partial charge in [0.05, 0.1) is 4.88 Å². The van der Waals surface area contributed by atoms with E-state index in [-0.39, 0.29) is 0 Å². The maximum Gasteiger partial charge on any atom is 0.160 e. The third-order valence-electron chi connectivity index (χ3n) is 2.76. The number of fused-ring (bicyclic) bond motifs is 1. The number of aldehydes is 1. The van der Waals surface area contributed by atoms with Gasteiger partial charge in [-0.2, -0.15) is 0 Å². The molecule has 0 aromatic carbocycles. The van der Waals surface area contributed by atoms with Crippen LogP contribution in [0, 0.1) is 6.92 Å². The van der Waals surface area contributed by atoms with Crippen molar-refractivity contribution in [3.05, 3.63) is 40.3 Å². The van der Waals surface area contributed by atoms with Gasteiger partial charge in [-0.25, -0.2) is 4.98 Å². The molecule has 4 heteroatoms. The molecule has 3 nitrogen and oxygen atoms in total. The van der Waals surface area contributed by atoms with E-state index in [1.807, 2.05) is 31.5 Å². The molecule has 17 heavy (non-hydrogen) atoms. The van der Waals surface area contributed by atoms with Crippen molar-refractivity contribution < 1.29 is 4.79 Å². The number of nitrogens with one attached hydrogen (secondary N) is 1. The summed E-state index contributed by atoms with van der Waals surface area (Å²) in [6, 6.07) is 6.00. The first-order chi connectivity index (χ1) is 8.28. The molecule has 1 N–H and O–H groups in total. The Hall–Kier alpha value is -1.94. The lowest BCUT2D eigenvalue weighted by Crippen LogP contribution is -1.81. The number of rotatable bonds is 2. The maximum atomic E-state index is 10.8. The number of aryl methyl sites for hydroxylation is 1. The van der Waals surface area contributed by atoms with Crippen LogP contribution in [0.15, 0.2) is 30.6 Å². The molecule has 0 saturated carbocycles. The summed E-state index contributed by atoms with van der Waals surface area (Å²) in [5, 5.41) is 1.08. The van der Waals surface area contributed by atoms with E-state index in [4.69, 9.17) is 0 Å². The van der Waals surface area contributed by atoms with Crippen molar-refractivity contribution in [1.29, 1.82) is 0 Å². The first-order valence-electron chi connectivity index (χ1n) is 5.27. The molecule has 0 atom stereocenters. The van der Waals surface area contributed by atoms with Crippen LogP contribution in [-0.4, -0.2) is 16.3 Å². The molecule has 0 spiro atoms. The van der Waals surface area contributed by atoms with Gasteiger partial charge >= 0.3 is 0 Å². The molecular formula is C13H10N2OS. The Kier molecular flexibility index (Phi) is 2.30. The number of pyridine rings is 1. The van der Waals surface area contributed by atoms with Gasteiger partial charge in [-0.15, -0.1) is 11.3 Å². The van der Waals surface area contributed by atoms with E-state index in [0.717, 1.165) is 38.2 Å². The molecule has 0 aliphatic heterocycles. The van der Waals surface area contributed by atoms with E-state index in [2.05, 4.69) is 16.0 Å². The zero-order valence-electron chi connectivity index (χ0n) is 9.23. The Morgan fingerprint density at radius 3 is 3.06 bits per heavy atom. The minimum absolute atomic E-state index is 0.756. The third-order valence-corrected chi connectivity index (χ3v) is 3.74. The van der Waals surface area contributed by atoms with E-state index in [9.17, 15) is 4.79 Å². The van der Waals surface area contributed by atoms with Crippen molar-refractivity contribution in [2.75, 3.05) is 0 Å². The van der Waals surface area contributed by atoms with Crippen LogP contribution in [-0.2, 0) is 0 Å². The van der Waals surface area contributed by atoms with Crippen LogP contribution in [0.2, 0.25) is 0 Å². The highest BCUT2D eigenvalue weighted by atomic mass is 32.1. The average molecular weight is 242 g/mol. The van der Waals surface area contributed by atoms with E-state index < -0.39 is 0 Å². The average Bonchev–Trinajstić information content (AvgIpc) is 2.93. The summed E-state index contributed by atoms with van der Waals surface area (Å²) in [5.41, 5.74) is 3.03. The number of aromatic amines is 1. The predicted molar refractivity (Wildman–Crippen MR) is 69.5 cm³/mol. The molecule has 3 rings (SSSR count). The number of aromatic nitrogens is 2. The molecule has 0 unspecified atom stereocenters. The first-order valence-corrected chi connectivity index (χ1v) is 6.08. The van der Waals surface area contributed by atoms with E-state index in [0.29, 0.717) is 0 Å². The smallest absolute Gasteiger partial charge is 0.160 e. The molecule has 84 valence electrons. The van der Waals surface area contributed by atoms with Crippen molar-refractivity contribution in [3.8, 4) is 11.1 Å². The van der Waals surface area contributed by atoms with Crippen LogP contribution >= 0.6 is 11.3 Å². The van der Waals surface area contributed by atoms with Gasteiger partial charge < -0.3 is 4.98 Å². The summed E-state index contributed by atoms with van der Waals surface area (Å²) in [6.45, 7) is 2.02. The number of hydrogen-bond donors (Lipinski definition) is 1. The predicted octanol–water partition coefficient (Wildman–Crippen LogP) is 3.41. The van der Waals surface area contributed by atoms with Crippen LogP contribution < -0.4 is 0 Å². The van der Waals surface area contributed by atoms with Gasteiger partial charge in [0.2, 0.25) is 0 Å². The van der Waals surface area contributed by atoms with Crippen molar-refractivity contribution in [2.24, 2.45) is 0 Å². The minimum atomic E-state index is 0.756. The lowest BCUT2D eigenvalue weighted by molar-refractivity contribution is 0.112. The second-order valence-electron chi connectivity index (χ2n) is 3.88. The summed E-state index contributed by atoms with van der Waals surface area (Å²) in [5.74, 6) is 0. The second-order valence-corrected chi connectivity index (χ2v) is 5.16. The topological polar surface area (TPSA) is 45.8 Å². The molecular weight excluding hydrogens is 232 g/mol. The molecule has 3 aromatic heterocycles. The number of carbonyl (C=O) groups excluding carboxylic acids is 1. The van der Waals surface area contributed by atoms with E-state index in [1.54, 1.807) is 0 Å². The van der Waals surface area contributed by atoms with Crippen molar-refractivity contribution in [2.45, 2.75) is 6.92 Å². The fraction of sp³-hybridized carbons (Fsp3) is 0.0769. The fourth-order valence-electron chi connectivity index (χ4n) is 1.94. The molecule has 3 heterocycles. The maximum absolute atomic E-state index is 10.8. The monoisotopic (exact) mass is 242 g/mol. The number of carbonyl (C=O) groups is 1. The van der Waals surface area contributed by atoms with Gasteiger partial charge in [-0.05, 0) is 30.7 Å². The molecule has 0 aliphatic rings. The summed E-state index contributed by atoms with van der Waals surface area (Å²) in [6.07, 6.45) is 4.60. The van der Waals surface area contributed by atoms with Gasteiger partial charge in [0, 0.05) is 28.2 Å². The van der Waals surface area contributed by atoms with Crippen molar-refractivity contribution in [3.63, 3.8) is 0 Å². The lowest BCUT2D eigenvalue weighted by Gasteiger charge is -1.99. The van der Waals surface area contributed by atoms with Gasteiger partial charge in [-0.1, -0.05) is 0 Å². The van der Waals surface area contributed by atoms with Crippen LogP contribution in [0.1, 0.15) is 14.5 Å². The standard InChI is InChI=1S/C13H10N2OS/c1-8-12(5-11(7-16)17-8)10-4-9-2-3-14-13(9)15-6-10/h2-7H,1H3,(H,14,15). The number of nitrogens with zero attached hydrogens (tertiary/aromatic N) is 1. The van der Waals surface area contributed by atoms with Crippen LogP contribution in [0.4, 0.5) is 0 Å². The van der Waals surface area contributed by atoms with Gasteiger partial charge in [0.1, 0.15) is 5.65 Å². The van der Waals surface area contributed by atoms with Crippen LogP contribution in [0.3, 0.4) is 0 Å². The quantitative estimate of drug-likeness (QED) is 0.700. The number of thiophene rings is 1. The zero-order chi connectivity index (χ0) is 11.8. The zero-order valence-corrected chi connectivity index (χ0v) is 10.0. The normalized spacial score (nSPS) is 10.9. The number of H-pyrrole nitrogens is 1. The molecule has 0 amide bonds. The van der Waals surface area contributed by atoms with Gasteiger partial charge in [0.25, 0.3) is 0 Å². The number of hydrogen-bond acceptors (Lipinski definition) is 3. The second kappa shape index (κ2) is 3.82. The lowest BCUT2D eigenvalue weighted by atomic mass is 10.1. The summed E-state index contributed by atoms with van der Waals surface area (Å²) >= 11 is 1.51. The summed E-state index contributed by atoms with van der Waals surface area (Å²) in [7, 11) is 0. The highest BCUT2D eigenvalue weighted by molar-refractivity contribution is 7.14. The Morgan fingerprint density at radius 2 is 2.29 bits per heavy atom. The molecule has 3 aromatic rings. The molecule has 0 radical (unpaired) electrons. The largest absolute Gasteiger partial charge is 0.346 e. The van der Waals surface area contributed by atoms with Gasteiger partial charge in [0.15, 0.2) is 6.29 Å². The minimum Gasteiger partial charge on any atom is -0.346 e. The first kappa shape index (κ1) is 10.2. The van der Waals surface area contributed by atoms with Gasteiger partial charge in [-0.3, -0.25) is 4.79 Å². The Morgan fingerprint density at radius 1 is 1.41 bits per heavy atom. The van der Waals surface area contributed by atoms with Crippen LogP contribution in [0.25, 0.3) is 22.2 Å². The Bertz CT molecular complexity index is 696. The fourth-order valence-corrected chi connectivity index (χ4v) is 2.80. The SMILES string of the molecule is Cc1sc(C=O)cc1-c1cnc2[nH]ccc2c1. The molecule has 0 fully saturated rings. The highest BCUT2D eigenvalue weighted by Crippen LogP contribution is 2.31. The van der Waals surface area contributed by atoms with Crippen molar-refractivity contribution >= 4 is 28.7 Å². The van der Waals surface area contributed by atoms with Crippen LogP contribution in [0.5, 0.6) is 0 Å². The summed E-state index contributed by atoms with van der Waals surface area (Å²) < 4.78 is 0. The third kappa shape index (κ3) is 1.66. The Balaban J connectivity index is 2.18. The highest BCUT2D eigenvalue weighted by Gasteiger charge is 2.08. The summed E-state index contributed by atoms with van der Waals surface area (Å²) in [4.78, 5) is 20.1. The Labute approximate surface area is 102 Å². The van der Waals surface area contributed by atoms with Crippen molar-refractivity contribution in [1.82, 2.24) is 9.97 Å². The molecule has 0 aliphatic carbocycles. The molecule has 0 saturated heterocycles. The molecule has 0 bridgehead atoms.